The SMILES string of the molecule is CCOC(=O)c1c(NC(=O)Cc2ccccc2OC)sc2c1CCC(C(C)(C)C)C2. The lowest BCUT2D eigenvalue weighted by Gasteiger charge is -2.33. The van der Waals surface area contributed by atoms with E-state index in [2.05, 4.69) is 26.1 Å². The molecule has 6 heteroatoms. The normalized spacial score (nSPS) is 16.0. The van der Waals surface area contributed by atoms with Crippen molar-refractivity contribution in [3.05, 3.63) is 45.8 Å². The fourth-order valence-corrected chi connectivity index (χ4v) is 5.36. The van der Waals surface area contributed by atoms with E-state index >= 15 is 0 Å². The molecule has 1 aromatic carbocycles. The molecule has 0 aliphatic heterocycles. The molecule has 1 heterocycles. The van der Waals surface area contributed by atoms with Crippen LogP contribution in [0.1, 0.15) is 60.5 Å². The van der Waals surface area contributed by atoms with Gasteiger partial charge in [0.2, 0.25) is 5.91 Å². The highest BCUT2D eigenvalue weighted by atomic mass is 32.1. The monoisotopic (exact) mass is 429 g/mol. The zero-order chi connectivity index (χ0) is 21.9. The highest BCUT2D eigenvalue weighted by Gasteiger charge is 2.34. The summed E-state index contributed by atoms with van der Waals surface area (Å²) >= 11 is 1.52. The minimum atomic E-state index is -0.350. The van der Waals surface area contributed by atoms with Crippen LogP contribution in [0.15, 0.2) is 24.3 Å². The number of esters is 1. The van der Waals surface area contributed by atoms with Gasteiger partial charge in [0.05, 0.1) is 25.7 Å². The molecule has 0 saturated carbocycles. The van der Waals surface area contributed by atoms with Gasteiger partial charge < -0.3 is 14.8 Å². The molecular weight excluding hydrogens is 398 g/mol. The van der Waals surface area contributed by atoms with Gasteiger partial charge in [-0.2, -0.15) is 0 Å². The number of amides is 1. The lowest BCUT2D eigenvalue weighted by atomic mass is 9.72. The van der Waals surface area contributed by atoms with Gasteiger partial charge in [-0.25, -0.2) is 4.79 Å². The summed E-state index contributed by atoms with van der Waals surface area (Å²) in [5.74, 6) is 0.709. The summed E-state index contributed by atoms with van der Waals surface area (Å²) in [7, 11) is 1.59. The lowest BCUT2D eigenvalue weighted by molar-refractivity contribution is -0.115. The van der Waals surface area contributed by atoms with Crippen LogP contribution in [0.25, 0.3) is 0 Å². The minimum absolute atomic E-state index is 0.170. The van der Waals surface area contributed by atoms with E-state index in [1.54, 1.807) is 14.0 Å². The molecule has 1 atom stereocenters. The van der Waals surface area contributed by atoms with Crippen molar-refractivity contribution in [2.75, 3.05) is 19.0 Å². The fourth-order valence-electron chi connectivity index (χ4n) is 4.03. The van der Waals surface area contributed by atoms with Crippen molar-refractivity contribution >= 4 is 28.2 Å². The number of para-hydroxylation sites is 1. The zero-order valence-electron chi connectivity index (χ0n) is 18.5. The second-order valence-electron chi connectivity index (χ2n) is 8.77. The van der Waals surface area contributed by atoms with Crippen molar-refractivity contribution in [1.82, 2.24) is 0 Å². The molecule has 1 amide bonds. The summed E-state index contributed by atoms with van der Waals surface area (Å²) in [6, 6.07) is 7.46. The Kier molecular flexibility index (Phi) is 6.86. The predicted molar refractivity (Wildman–Crippen MR) is 121 cm³/mol. The number of fused-ring (bicyclic) bond motifs is 1. The molecule has 0 spiro atoms. The Morgan fingerprint density at radius 1 is 1.23 bits per heavy atom. The van der Waals surface area contributed by atoms with E-state index in [0.717, 1.165) is 30.4 Å². The van der Waals surface area contributed by atoms with Crippen molar-refractivity contribution < 1.29 is 19.1 Å². The van der Waals surface area contributed by atoms with Crippen LogP contribution in [0.5, 0.6) is 5.75 Å². The van der Waals surface area contributed by atoms with Gasteiger partial charge in [-0.05, 0) is 49.1 Å². The smallest absolute Gasteiger partial charge is 0.341 e. The second-order valence-corrected chi connectivity index (χ2v) is 9.88. The summed E-state index contributed by atoms with van der Waals surface area (Å²) in [4.78, 5) is 26.7. The molecule has 30 heavy (non-hydrogen) atoms. The third kappa shape index (κ3) is 4.86. The van der Waals surface area contributed by atoms with Crippen LogP contribution in [0, 0.1) is 11.3 Å². The summed E-state index contributed by atoms with van der Waals surface area (Å²) in [5, 5.41) is 3.59. The number of carbonyl (C=O) groups excluding carboxylic acids is 2. The van der Waals surface area contributed by atoms with Crippen LogP contribution >= 0.6 is 11.3 Å². The van der Waals surface area contributed by atoms with E-state index in [0.29, 0.717) is 28.8 Å². The molecular formula is C24H31NO4S. The molecule has 0 fully saturated rings. The molecule has 1 N–H and O–H groups in total. The maximum atomic E-state index is 12.8. The number of hydrogen-bond acceptors (Lipinski definition) is 5. The van der Waals surface area contributed by atoms with Crippen LogP contribution < -0.4 is 10.1 Å². The molecule has 162 valence electrons. The Balaban J connectivity index is 1.87. The number of hydrogen-bond donors (Lipinski definition) is 1. The highest BCUT2D eigenvalue weighted by Crippen LogP contribution is 2.44. The van der Waals surface area contributed by atoms with Gasteiger partial charge in [0, 0.05) is 10.4 Å². The Bertz CT molecular complexity index is 926. The van der Waals surface area contributed by atoms with Crippen molar-refractivity contribution in [2.24, 2.45) is 11.3 Å². The van der Waals surface area contributed by atoms with Gasteiger partial charge in [0.1, 0.15) is 10.8 Å². The highest BCUT2D eigenvalue weighted by molar-refractivity contribution is 7.17. The zero-order valence-corrected chi connectivity index (χ0v) is 19.3. The number of ether oxygens (including phenoxy) is 2. The molecule has 0 bridgehead atoms. The maximum absolute atomic E-state index is 12.8. The van der Waals surface area contributed by atoms with Crippen LogP contribution in [0.3, 0.4) is 0 Å². The average molecular weight is 430 g/mol. The molecule has 1 unspecified atom stereocenters. The Hall–Kier alpha value is -2.34. The van der Waals surface area contributed by atoms with Crippen molar-refractivity contribution in [3.63, 3.8) is 0 Å². The van der Waals surface area contributed by atoms with Gasteiger partial charge >= 0.3 is 5.97 Å². The van der Waals surface area contributed by atoms with E-state index < -0.39 is 0 Å². The number of anilines is 1. The minimum Gasteiger partial charge on any atom is -0.496 e. The largest absolute Gasteiger partial charge is 0.496 e. The van der Waals surface area contributed by atoms with Crippen LogP contribution in [0.4, 0.5) is 5.00 Å². The van der Waals surface area contributed by atoms with Gasteiger partial charge in [-0.1, -0.05) is 39.0 Å². The lowest BCUT2D eigenvalue weighted by Crippen LogP contribution is -2.26. The van der Waals surface area contributed by atoms with E-state index in [4.69, 9.17) is 9.47 Å². The molecule has 0 saturated heterocycles. The van der Waals surface area contributed by atoms with Gasteiger partial charge in [0.25, 0.3) is 0 Å². The summed E-state index contributed by atoms with van der Waals surface area (Å²) < 4.78 is 10.7. The molecule has 5 nitrogen and oxygen atoms in total. The quantitative estimate of drug-likeness (QED) is 0.636. The van der Waals surface area contributed by atoms with Crippen LogP contribution in [-0.4, -0.2) is 25.6 Å². The predicted octanol–water partition coefficient (Wildman–Crippen LogP) is 5.27. The number of methoxy groups -OCH3 is 1. The number of benzene rings is 1. The van der Waals surface area contributed by atoms with Gasteiger partial charge in [-0.15, -0.1) is 11.3 Å². The molecule has 0 radical (unpaired) electrons. The number of rotatable bonds is 6. The third-order valence-electron chi connectivity index (χ3n) is 5.77. The van der Waals surface area contributed by atoms with Crippen molar-refractivity contribution in [1.29, 1.82) is 0 Å². The second kappa shape index (κ2) is 9.21. The molecule has 3 rings (SSSR count). The number of carbonyl (C=O) groups is 2. The van der Waals surface area contributed by atoms with E-state index in [1.165, 1.54) is 16.2 Å². The van der Waals surface area contributed by atoms with E-state index in [-0.39, 0.29) is 23.7 Å². The van der Waals surface area contributed by atoms with Crippen LogP contribution in [0.2, 0.25) is 0 Å². The van der Waals surface area contributed by atoms with Gasteiger partial charge in [-0.3, -0.25) is 4.79 Å². The maximum Gasteiger partial charge on any atom is 0.341 e. The van der Waals surface area contributed by atoms with Crippen molar-refractivity contribution in [3.8, 4) is 5.75 Å². The molecule has 2 aromatic rings. The first kappa shape index (κ1) is 22.3. The summed E-state index contributed by atoms with van der Waals surface area (Å²) in [6.07, 6.45) is 2.98. The number of nitrogens with one attached hydrogen (secondary N) is 1. The molecule has 1 aliphatic carbocycles. The summed E-state index contributed by atoms with van der Waals surface area (Å²) in [6.45, 7) is 8.89. The topological polar surface area (TPSA) is 64.6 Å². The third-order valence-corrected chi connectivity index (χ3v) is 6.94. The van der Waals surface area contributed by atoms with E-state index in [1.807, 2.05) is 24.3 Å². The molecule has 1 aliphatic rings. The van der Waals surface area contributed by atoms with Crippen molar-refractivity contribution in [2.45, 2.75) is 53.4 Å². The number of thiophene rings is 1. The first-order valence-corrected chi connectivity index (χ1v) is 11.3. The van der Waals surface area contributed by atoms with Gasteiger partial charge in [0.15, 0.2) is 0 Å². The first-order chi connectivity index (χ1) is 14.2. The Morgan fingerprint density at radius 2 is 1.97 bits per heavy atom. The average Bonchev–Trinajstić information content (AvgIpc) is 3.04. The van der Waals surface area contributed by atoms with Crippen LogP contribution in [-0.2, 0) is 28.8 Å². The Labute approximate surface area is 182 Å². The first-order valence-electron chi connectivity index (χ1n) is 10.5. The molecule has 1 aromatic heterocycles. The Morgan fingerprint density at radius 3 is 2.63 bits per heavy atom. The standard InChI is InChI=1S/C24H31NO4S/c1-6-29-23(27)21-17-12-11-16(24(2,3)4)14-19(17)30-22(21)25-20(26)13-15-9-7-8-10-18(15)28-5/h7-10,16H,6,11-14H2,1-5H3,(H,25,26). The fraction of sp³-hybridized carbons (Fsp3) is 0.500. The summed E-state index contributed by atoms with van der Waals surface area (Å²) in [5.41, 5.74) is 2.60. The van der Waals surface area contributed by atoms with E-state index in [9.17, 15) is 9.59 Å².